The molecule has 20 heavy (non-hydrogen) atoms. The van der Waals surface area contributed by atoms with Crippen molar-refractivity contribution >= 4 is 17.5 Å². The van der Waals surface area contributed by atoms with Gasteiger partial charge in [-0.1, -0.05) is 20.8 Å². The number of Topliss-reactive ketones (excluding diaryl/α,β-unsaturated/α-hetero) is 1. The summed E-state index contributed by atoms with van der Waals surface area (Å²) in [6, 6.07) is 0. The third-order valence-electron chi connectivity index (χ3n) is 4.15. The van der Waals surface area contributed by atoms with Crippen molar-refractivity contribution in [1.29, 1.82) is 0 Å². The Labute approximate surface area is 120 Å². The number of hydrogen-bond donors (Lipinski definition) is 0. The maximum atomic E-state index is 12.4. The minimum absolute atomic E-state index is 0.0455. The Morgan fingerprint density at radius 2 is 2.05 bits per heavy atom. The molecule has 2 aliphatic rings. The van der Waals surface area contributed by atoms with Crippen molar-refractivity contribution in [1.82, 2.24) is 0 Å². The van der Waals surface area contributed by atoms with Crippen LogP contribution in [0.15, 0.2) is 16.3 Å². The predicted molar refractivity (Wildman–Crippen MR) is 77.4 cm³/mol. The van der Waals surface area contributed by atoms with Gasteiger partial charge in [0.05, 0.1) is 6.61 Å². The highest BCUT2D eigenvalue weighted by Gasteiger charge is 2.43. The highest BCUT2D eigenvalue weighted by atomic mass is 16.5. The van der Waals surface area contributed by atoms with Crippen LogP contribution in [0, 0.1) is 17.3 Å². The van der Waals surface area contributed by atoms with Gasteiger partial charge in [0.25, 0.3) is 0 Å². The molecule has 0 amide bonds. The topological polar surface area (TPSA) is 55.7 Å². The molecule has 4 heteroatoms. The van der Waals surface area contributed by atoms with Crippen molar-refractivity contribution in [2.45, 2.75) is 47.5 Å². The average molecular weight is 277 g/mol. The summed E-state index contributed by atoms with van der Waals surface area (Å²) >= 11 is 0. The molecule has 0 bridgehead atoms. The van der Waals surface area contributed by atoms with Crippen LogP contribution < -0.4 is 0 Å². The Morgan fingerprint density at radius 3 is 2.65 bits per heavy atom. The molecule has 0 aromatic heterocycles. The van der Waals surface area contributed by atoms with Crippen LogP contribution in [-0.2, 0) is 14.3 Å². The zero-order valence-corrected chi connectivity index (χ0v) is 12.9. The van der Waals surface area contributed by atoms with Gasteiger partial charge in [-0.25, -0.2) is 0 Å². The van der Waals surface area contributed by atoms with Gasteiger partial charge < -0.3 is 4.74 Å². The van der Waals surface area contributed by atoms with Crippen LogP contribution in [0.3, 0.4) is 0 Å². The van der Waals surface area contributed by atoms with E-state index in [0.717, 1.165) is 23.4 Å². The van der Waals surface area contributed by atoms with Gasteiger partial charge in [0.2, 0.25) is 0 Å². The molecule has 1 aliphatic heterocycles. The quantitative estimate of drug-likeness (QED) is 0.729. The lowest BCUT2D eigenvalue weighted by Gasteiger charge is -2.37. The summed E-state index contributed by atoms with van der Waals surface area (Å²) in [5, 5.41) is 0. The lowest BCUT2D eigenvalue weighted by molar-refractivity contribution is -0.146. The van der Waals surface area contributed by atoms with Gasteiger partial charge in [0, 0.05) is 29.3 Å². The number of allylic oxidation sites excluding steroid dienone is 2. The van der Waals surface area contributed by atoms with Gasteiger partial charge in [0.1, 0.15) is 5.92 Å². The molecule has 2 atom stereocenters. The molecule has 0 radical (unpaired) electrons. The zero-order valence-electron chi connectivity index (χ0n) is 12.9. The maximum Gasteiger partial charge on any atom is 0.315 e. The lowest BCUT2D eigenvalue weighted by atomic mass is 9.69. The SMILES string of the molecule is CCOC(=O)C1C(C)=NC2=C(C(=O)CC(C)(C)C2)[C@H]1C. The number of hydrogen-bond acceptors (Lipinski definition) is 4. The van der Waals surface area contributed by atoms with Crippen molar-refractivity contribution in [2.24, 2.45) is 22.2 Å². The van der Waals surface area contributed by atoms with Crippen molar-refractivity contribution in [3.8, 4) is 0 Å². The summed E-state index contributed by atoms with van der Waals surface area (Å²) in [7, 11) is 0. The maximum absolute atomic E-state index is 12.4. The standard InChI is InChI=1S/C16H23NO3/c1-6-20-15(19)13-9(2)14-11(17-10(13)3)7-16(4,5)8-12(14)18/h9,13H,6-8H2,1-5H3/t9-,13?/m0/s1. The summed E-state index contributed by atoms with van der Waals surface area (Å²) in [5.41, 5.74) is 2.33. The fourth-order valence-corrected chi connectivity index (χ4v) is 3.34. The monoisotopic (exact) mass is 277 g/mol. The first kappa shape index (κ1) is 14.9. The first-order valence-corrected chi connectivity index (χ1v) is 7.25. The fraction of sp³-hybridized carbons (Fsp3) is 0.688. The van der Waals surface area contributed by atoms with E-state index < -0.39 is 5.92 Å². The number of rotatable bonds is 2. The van der Waals surface area contributed by atoms with Crippen molar-refractivity contribution in [3.05, 3.63) is 11.3 Å². The molecular formula is C16H23NO3. The Morgan fingerprint density at radius 1 is 1.40 bits per heavy atom. The lowest BCUT2D eigenvalue weighted by Crippen LogP contribution is -2.39. The van der Waals surface area contributed by atoms with E-state index in [-0.39, 0.29) is 23.1 Å². The summed E-state index contributed by atoms with van der Waals surface area (Å²) in [6.07, 6.45) is 1.32. The minimum atomic E-state index is -0.418. The van der Waals surface area contributed by atoms with E-state index >= 15 is 0 Å². The number of esters is 1. The fourth-order valence-electron chi connectivity index (χ4n) is 3.34. The van der Waals surface area contributed by atoms with E-state index in [0.29, 0.717) is 13.0 Å². The molecule has 2 rings (SSSR count). The number of aliphatic imine (C=N–C) groups is 1. The van der Waals surface area contributed by atoms with Gasteiger partial charge in [-0.05, 0) is 25.7 Å². The average Bonchev–Trinajstić information content (AvgIpc) is 2.25. The van der Waals surface area contributed by atoms with E-state index in [2.05, 4.69) is 18.8 Å². The number of nitrogens with zero attached hydrogens (tertiary/aromatic N) is 1. The van der Waals surface area contributed by atoms with Crippen LogP contribution in [-0.4, -0.2) is 24.1 Å². The molecule has 0 fully saturated rings. The third kappa shape index (κ3) is 2.56. The van der Waals surface area contributed by atoms with Crippen molar-refractivity contribution in [2.75, 3.05) is 6.61 Å². The molecule has 1 unspecified atom stereocenters. The normalized spacial score (nSPS) is 28.9. The highest BCUT2D eigenvalue weighted by Crippen LogP contribution is 2.43. The molecule has 1 aliphatic carbocycles. The van der Waals surface area contributed by atoms with Crippen LogP contribution in [0.1, 0.15) is 47.5 Å². The summed E-state index contributed by atoms with van der Waals surface area (Å²) in [4.78, 5) is 29.1. The van der Waals surface area contributed by atoms with Crippen LogP contribution >= 0.6 is 0 Å². The molecule has 0 aromatic carbocycles. The molecule has 4 nitrogen and oxygen atoms in total. The highest BCUT2D eigenvalue weighted by molar-refractivity contribution is 6.07. The smallest absolute Gasteiger partial charge is 0.315 e. The van der Waals surface area contributed by atoms with E-state index in [1.54, 1.807) is 6.92 Å². The van der Waals surface area contributed by atoms with E-state index in [4.69, 9.17) is 4.74 Å². The number of ether oxygens (including phenoxy) is 1. The molecule has 0 N–H and O–H groups in total. The van der Waals surface area contributed by atoms with Crippen LogP contribution in [0.4, 0.5) is 0 Å². The molecule has 1 heterocycles. The number of carbonyl (C=O) groups is 2. The van der Waals surface area contributed by atoms with Crippen LogP contribution in [0.25, 0.3) is 0 Å². The molecule has 0 saturated carbocycles. The number of carbonyl (C=O) groups excluding carboxylic acids is 2. The summed E-state index contributed by atoms with van der Waals surface area (Å²) in [6.45, 7) is 10.1. The van der Waals surface area contributed by atoms with Gasteiger partial charge in [0.15, 0.2) is 5.78 Å². The predicted octanol–water partition coefficient (Wildman–Crippen LogP) is 2.92. The molecular weight excluding hydrogens is 254 g/mol. The first-order valence-electron chi connectivity index (χ1n) is 7.25. The van der Waals surface area contributed by atoms with Gasteiger partial charge in [-0.2, -0.15) is 0 Å². The van der Waals surface area contributed by atoms with Crippen LogP contribution in [0.2, 0.25) is 0 Å². The Balaban J connectivity index is 2.38. The molecule has 110 valence electrons. The van der Waals surface area contributed by atoms with Gasteiger partial charge in [-0.3, -0.25) is 14.6 Å². The van der Waals surface area contributed by atoms with Gasteiger partial charge >= 0.3 is 5.97 Å². The minimum Gasteiger partial charge on any atom is -0.465 e. The van der Waals surface area contributed by atoms with E-state index in [9.17, 15) is 9.59 Å². The summed E-state index contributed by atoms with van der Waals surface area (Å²) in [5.74, 6) is -0.691. The Hall–Kier alpha value is -1.45. The third-order valence-corrected chi connectivity index (χ3v) is 4.15. The van der Waals surface area contributed by atoms with E-state index in [1.165, 1.54) is 0 Å². The van der Waals surface area contributed by atoms with E-state index in [1.807, 2.05) is 13.8 Å². The second-order valence-electron chi connectivity index (χ2n) is 6.57. The van der Waals surface area contributed by atoms with Crippen molar-refractivity contribution < 1.29 is 14.3 Å². The summed E-state index contributed by atoms with van der Waals surface area (Å²) < 4.78 is 5.12. The molecule has 0 aromatic rings. The second kappa shape index (κ2) is 5.15. The Kier molecular flexibility index (Phi) is 3.85. The number of ketones is 1. The largest absolute Gasteiger partial charge is 0.465 e. The van der Waals surface area contributed by atoms with Crippen LogP contribution in [0.5, 0.6) is 0 Å². The first-order chi connectivity index (χ1) is 9.26. The zero-order chi connectivity index (χ0) is 15.1. The molecule has 0 spiro atoms. The molecule has 0 saturated heterocycles. The van der Waals surface area contributed by atoms with Crippen molar-refractivity contribution in [3.63, 3.8) is 0 Å². The second-order valence-corrected chi connectivity index (χ2v) is 6.57. The van der Waals surface area contributed by atoms with Gasteiger partial charge in [-0.15, -0.1) is 0 Å². The Bertz CT molecular complexity index is 514.